The lowest BCUT2D eigenvalue weighted by molar-refractivity contribution is 0.366. The molecule has 2 aromatic heterocycles. The quantitative estimate of drug-likeness (QED) is 0.538. The van der Waals surface area contributed by atoms with Crippen LogP contribution in [0.3, 0.4) is 0 Å². The van der Waals surface area contributed by atoms with Gasteiger partial charge in [-0.15, -0.1) is 0 Å². The maximum Gasteiger partial charge on any atom is 0.232 e. The number of anilines is 1. The molecule has 9 nitrogen and oxygen atoms in total. The van der Waals surface area contributed by atoms with Crippen LogP contribution in [-0.4, -0.2) is 77.0 Å². The summed E-state index contributed by atoms with van der Waals surface area (Å²) in [5.41, 5.74) is 0. The fourth-order valence-electron chi connectivity index (χ4n) is 2.87. The molecule has 3 rings (SSSR count). The first-order chi connectivity index (χ1) is 13.2. The van der Waals surface area contributed by atoms with E-state index < -0.39 is 0 Å². The summed E-state index contributed by atoms with van der Waals surface area (Å²) in [4.78, 5) is 18.1. The molecule has 1 aliphatic heterocycles. The predicted octanol–water partition coefficient (Wildman–Crippen LogP) is 1.23. The minimum Gasteiger partial charge on any atom is -0.480 e. The molecule has 0 atom stereocenters. The van der Waals surface area contributed by atoms with Crippen molar-refractivity contribution in [1.29, 1.82) is 0 Å². The second-order valence-electron chi connectivity index (χ2n) is 6.01. The van der Waals surface area contributed by atoms with Crippen LogP contribution in [0.25, 0.3) is 0 Å². The number of nitrogens with one attached hydrogen (secondary N) is 1. The number of hydrogen-bond acceptors (Lipinski definition) is 6. The average Bonchev–Trinajstić information content (AvgIpc) is 3.21. The van der Waals surface area contributed by atoms with E-state index in [0.717, 1.165) is 49.7 Å². The Balaban J connectivity index is 1.58. The van der Waals surface area contributed by atoms with E-state index in [1.807, 2.05) is 16.9 Å². The van der Waals surface area contributed by atoms with Gasteiger partial charge in [-0.25, -0.2) is 4.98 Å². The first-order valence-corrected chi connectivity index (χ1v) is 9.82. The third-order valence-electron chi connectivity index (χ3n) is 4.24. The number of piperazine rings is 1. The van der Waals surface area contributed by atoms with E-state index in [4.69, 9.17) is 9.73 Å². The van der Waals surface area contributed by atoms with Crippen LogP contribution in [-0.2, 0) is 6.54 Å². The van der Waals surface area contributed by atoms with Crippen molar-refractivity contribution in [1.82, 2.24) is 30.0 Å². The first kappa shape index (κ1) is 19.4. The Bertz CT molecular complexity index is 743. The molecule has 0 radical (unpaired) electrons. The third kappa shape index (κ3) is 5.09. The topological polar surface area (TPSA) is 83.7 Å². The molecule has 1 aliphatic rings. The van der Waals surface area contributed by atoms with Gasteiger partial charge in [0.1, 0.15) is 0 Å². The second-order valence-corrected chi connectivity index (χ2v) is 6.86. The van der Waals surface area contributed by atoms with E-state index in [-0.39, 0.29) is 0 Å². The number of hydrogen-bond donors (Lipinski definition) is 1. The number of guanidine groups is 1. The molecule has 0 bridgehead atoms. The number of rotatable bonds is 6. The Morgan fingerprint density at radius 1 is 1.33 bits per heavy atom. The zero-order chi connectivity index (χ0) is 19.1. The van der Waals surface area contributed by atoms with Gasteiger partial charge < -0.3 is 19.9 Å². The van der Waals surface area contributed by atoms with Crippen LogP contribution in [0, 0.1) is 0 Å². The minimum atomic E-state index is 0.552. The van der Waals surface area contributed by atoms with Crippen LogP contribution < -0.4 is 15.0 Å². The largest absolute Gasteiger partial charge is 0.480 e. The van der Waals surface area contributed by atoms with Crippen LogP contribution in [0.4, 0.5) is 5.95 Å². The molecule has 0 aliphatic carbocycles. The molecule has 27 heavy (non-hydrogen) atoms. The van der Waals surface area contributed by atoms with Gasteiger partial charge in [0.2, 0.25) is 11.8 Å². The van der Waals surface area contributed by atoms with Gasteiger partial charge in [-0.1, -0.05) is 0 Å². The lowest BCUT2D eigenvalue weighted by Crippen LogP contribution is -2.53. The lowest BCUT2D eigenvalue weighted by Gasteiger charge is -2.36. The van der Waals surface area contributed by atoms with Crippen molar-refractivity contribution in [3.63, 3.8) is 0 Å². The van der Waals surface area contributed by atoms with Gasteiger partial charge in [0.15, 0.2) is 5.96 Å². The van der Waals surface area contributed by atoms with Gasteiger partial charge in [-0.3, -0.25) is 9.67 Å². The normalized spacial score (nSPS) is 15.1. The summed E-state index contributed by atoms with van der Waals surface area (Å²) in [7, 11) is 1.61. The number of methoxy groups -OCH3 is 1. The van der Waals surface area contributed by atoms with E-state index in [1.54, 1.807) is 19.5 Å². The summed E-state index contributed by atoms with van der Waals surface area (Å²) in [6.07, 6.45) is 5.47. The van der Waals surface area contributed by atoms with Crippen LogP contribution in [0.15, 0.2) is 34.1 Å². The van der Waals surface area contributed by atoms with Crippen molar-refractivity contribution >= 4 is 27.8 Å². The smallest absolute Gasteiger partial charge is 0.232 e. The SMILES string of the molecule is CCNC(=NCCn1cccn1)N1CCN(c2ncc(Br)c(OC)n2)CC1. The standard InChI is InChI=1S/C17H25BrN8O/c1-3-19-16(20-6-8-26-7-4-5-22-26)24-9-11-25(12-10-24)17-21-13-14(18)15(23-17)27-2/h4-5,7,13H,3,6,8-12H2,1-2H3,(H,19,20). The van der Waals surface area contributed by atoms with Gasteiger partial charge in [-0.2, -0.15) is 10.1 Å². The molecular formula is C17H25BrN8O. The van der Waals surface area contributed by atoms with Crippen LogP contribution >= 0.6 is 15.9 Å². The maximum absolute atomic E-state index is 5.27. The highest BCUT2D eigenvalue weighted by Crippen LogP contribution is 2.23. The molecule has 1 N–H and O–H groups in total. The lowest BCUT2D eigenvalue weighted by atomic mass is 10.3. The monoisotopic (exact) mass is 436 g/mol. The van der Waals surface area contributed by atoms with Crippen molar-refractivity contribution < 1.29 is 4.74 Å². The van der Waals surface area contributed by atoms with Crippen molar-refractivity contribution in [3.05, 3.63) is 29.1 Å². The van der Waals surface area contributed by atoms with E-state index in [2.05, 4.69) is 53.0 Å². The second kappa shape index (κ2) is 9.54. The molecular weight excluding hydrogens is 412 g/mol. The Morgan fingerprint density at radius 3 is 2.81 bits per heavy atom. The number of aromatic nitrogens is 4. The molecule has 2 aromatic rings. The Labute approximate surface area is 167 Å². The molecule has 0 amide bonds. The van der Waals surface area contributed by atoms with Gasteiger partial charge in [0.05, 0.1) is 30.9 Å². The van der Waals surface area contributed by atoms with Gasteiger partial charge in [0, 0.05) is 45.1 Å². The Kier molecular flexibility index (Phi) is 6.86. The van der Waals surface area contributed by atoms with E-state index in [0.29, 0.717) is 18.4 Å². The summed E-state index contributed by atoms with van der Waals surface area (Å²) in [5, 5.41) is 7.60. The molecule has 3 heterocycles. The summed E-state index contributed by atoms with van der Waals surface area (Å²) in [6.45, 7) is 7.76. The average molecular weight is 437 g/mol. The molecule has 1 fully saturated rings. The highest BCUT2D eigenvalue weighted by molar-refractivity contribution is 9.10. The Hall–Kier alpha value is -2.36. The first-order valence-electron chi connectivity index (χ1n) is 9.03. The van der Waals surface area contributed by atoms with Crippen molar-refractivity contribution in [2.24, 2.45) is 4.99 Å². The fraction of sp³-hybridized carbons (Fsp3) is 0.529. The fourth-order valence-corrected chi connectivity index (χ4v) is 3.23. The number of ether oxygens (including phenoxy) is 1. The molecule has 1 saturated heterocycles. The van der Waals surface area contributed by atoms with Gasteiger partial charge in [0.25, 0.3) is 0 Å². The highest BCUT2D eigenvalue weighted by atomic mass is 79.9. The van der Waals surface area contributed by atoms with Crippen LogP contribution in [0.5, 0.6) is 5.88 Å². The Morgan fingerprint density at radius 2 is 2.15 bits per heavy atom. The third-order valence-corrected chi connectivity index (χ3v) is 4.78. The summed E-state index contributed by atoms with van der Waals surface area (Å²) in [6, 6.07) is 1.92. The molecule has 146 valence electrons. The minimum absolute atomic E-state index is 0.552. The molecule has 0 aromatic carbocycles. The number of nitrogens with zero attached hydrogens (tertiary/aromatic N) is 7. The molecule has 10 heteroatoms. The highest BCUT2D eigenvalue weighted by Gasteiger charge is 2.22. The maximum atomic E-state index is 5.27. The molecule has 0 spiro atoms. The number of halogens is 1. The van der Waals surface area contributed by atoms with E-state index in [9.17, 15) is 0 Å². The van der Waals surface area contributed by atoms with Crippen LogP contribution in [0.1, 0.15) is 6.92 Å². The molecule has 0 unspecified atom stereocenters. The predicted molar refractivity (Wildman–Crippen MR) is 108 cm³/mol. The zero-order valence-electron chi connectivity index (χ0n) is 15.7. The number of aliphatic imine (C=N–C) groups is 1. The summed E-state index contributed by atoms with van der Waals surface area (Å²) in [5.74, 6) is 2.19. The van der Waals surface area contributed by atoms with E-state index >= 15 is 0 Å². The summed E-state index contributed by atoms with van der Waals surface area (Å²) < 4.78 is 7.92. The molecule has 0 saturated carbocycles. The van der Waals surface area contributed by atoms with Crippen LogP contribution in [0.2, 0.25) is 0 Å². The van der Waals surface area contributed by atoms with Crippen molar-refractivity contribution in [3.8, 4) is 5.88 Å². The van der Waals surface area contributed by atoms with Crippen molar-refractivity contribution in [2.75, 3.05) is 51.3 Å². The van der Waals surface area contributed by atoms with Crippen molar-refractivity contribution in [2.45, 2.75) is 13.5 Å². The van der Waals surface area contributed by atoms with E-state index in [1.165, 1.54) is 0 Å². The van der Waals surface area contributed by atoms with Gasteiger partial charge in [-0.05, 0) is 28.9 Å². The van der Waals surface area contributed by atoms with Gasteiger partial charge >= 0.3 is 0 Å². The summed E-state index contributed by atoms with van der Waals surface area (Å²) >= 11 is 3.39. The zero-order valence-corrected chi connectivity index (χ0v) is 17.3.